The van der Waals surface area contributed by atoms with Crippen molar-refractivity contribution < 1.29 is 14.3 Å². The molecular weight excluding hydrogens is 366 g/mol. The number of likely N-dealkylation sites (tertiary alicyclic amines) is 1. The lowest BCUT2D eigenvalue weighted by Crippen LogP contribution is -2.57. The molecule has 2 aliphatic heterocycles. The number of rotatable bonds is 8. The van der Waals surface area contributed by atoms with Gasteiger partial charge in [-0.2, -0.15) is 0 Å². The zero-order valence-electron chi connectivity index (χ0n) is 18.0. The van der Waals surface area contributed by atoms with Crippen LogP contribution in [-0.4, -0.2) is 68.5 Å². The quantitative estimate of drug-likeness (QED) is 0.726. The second-order valence-electron chi connectivity index (χ2n) is 8.70. The fourth-order valence-corrected chi connectivity index (χ4v) is 4.61. The van der Waals surface area contributed by atoms with E-state index in [4.69, 9.17) is 4.74 Å². The van der Waals surface area contributed by atoms with Gasteiger partial charge in [0.1, 0.15) is 5.75 Å². The third-order valence-corrected chi connectivity index (χ3v) is 6.35. The minimum Gasteiger partial charge on any atom is -0.497 e. The van der Waals surface area contributed by atoms with Gasteiger partial charge in [0.05, 0.1) is 7.11 Å². The molecule has 2 saturated heterocycles. The summed E-state index contributed by atoms with van der Waals surface area (Å²) >= 11 is 0. The fourth-order valence-electron chi connectivity index (χ4n) is 4.61. The maximum absolute atomic E-state index is 12.8. The molecule has 1 aromatic carbocycles. The molecular formula is C23H35N3O3. The van der Waals surface area contributed by atoms with Crippen molar-refractivity contribution in [2.45, 2.75) is 44.6 Å². The van der Waals surface area contributed by atoms with Crippen LogP contribution >= 0.6 is 0 Å². The van der Waals surface area contributed by atoms with Gasteiger partial charge in [0.15, 0.2) is 0 Å². The van der Waals surface area contributed by atoms with Crippen LogP contribution in [0.15, 0.2) is 24.3 Å². The number of benzene rings is 1. The summed E-state index contributed by atoms with van der Waals surface area (Å²) in [7, 11) is 5.28. The van der Waals surface area contributed by atoms with E-state index in [1.54, 1.807) is 12.0 Å². The van der Waals surface area contributed by atoms with Crippen molar-refractivity contribution in [2.75, 3.05) is 40.8 Å². The number of aryl methyl sites for hydroxylation is 1. The number of hydrogen-bond donors (Lipinski definition) is 1. The molecule has 6 heteroatoms. The smallest absolute Gasteiger partial charge is 0.222 e. The summed E-state index contributed by atoms with van der Waals surface area (Å²) < 4.78 is 5.19. The van der Waals surface area contributed by atoms with E-state index in [2.05, 4.69) is 10.2 Å². The van der Waals surface area contributed by atoms with Crippen molar-refractivity contribution in [1.82, 2.24) is 15.1 Å². The van der Waals surface area contributed by atoms with E-state index in [-0.39, 0.29) is 11.8 Å². The van der Waals surface area contributed by atoms with Crippen molar-refractivity contribution in [1.29, 1.82) is 0 Å². The lowest BCUT2D eigenvalue weighted by Gasteiger charge is -2.46. The average Bonchev–Trinajstić information content (AvgIpc) is 2.73. The molecule has 2 amide bonds. The van der Waals surface area contributed by atoms with E-state index in [0.29, 0.717) is 30.7 Å². The maximum atomic E-state index is 12.8. The molecule has 6 nitrogen and oxygen atoms in total. The summed E-state index contributed by atoms with van der Waals surface area (Å²) in [6.07, 6.45) is 5.03. The second kappa shape index (κ2) is 10.1. The topological polar surface area (TPSA) is 61.9 Å². The fraction of sp³-hybridized carbons (Fsp3) is 0.652. The largest absolute Gasteiger partial charge is 0.497 e. The molecule has 2 fully saturated rings. The van der Waals surface area contributed by atoms with E-state index in [0.717, 1.165) is 44.6 Å². The van der Waals surface area contributed by atoms with Crippen LogP contribution in [0.5, 0.6) is 5.75 Å². The molecule has 2 aliphatic rings. The van der Waals surface area contributed by atoms with Gasteiger partial charge < -0.3 is 19.9 Å². The lowest BCUT2D eigenvalue weighted by molar-refractivity contribution is -0.135. The number of carbonyl (C=O) groups excluding carboxylic acids is 2. The van der Waals surface area contributed by atoms with Crippen LogP contribution in [0.1, 0.15) is 37.7 Å². The maximum Gasteiger partial charge on any atom is 0.222 e. The van der Waals surface area contributed by atoms with Gasteiger partial charge in [0, 0.05) is 46.1 Å². The molecule has 0 radical (unpaired) electrons. The molecule has 0 spiro atoms. The Morgan fingerprint density at radius 2 is 1.93 bits per heavy atom. The Morgan fingerprint density at radius 1 is 1.17 bits per heavy atom. The predicted molar refractivity (Wildman–Crippen MR) is 114 cm³/mol. The van der Waals surface area contributed by atoms with Crippen LogP contribution in [-0.2, 0) is 16.0 Å². The van der Waals surface area contributed by atoms with Crippen LogP contribution in [0.25, 0.3) is 0 Å². The average molecular weight is 402 g/mol. The van der Waals surface area contributed by atoms with Crippen LogP contribution in [0.2, 0.25) is 0 Å². The Balaban J connectivity index is 1.47. The molecule has 0 aromatic heterocycles. The standard InChI is InChI=1S/C23H35N3O3/c1-25(2)22(27)6-4-5-21-19-13-18(14-24-21)15-26(16-19)23(28)12-9-17-7-10-20(29-3)11-8-17/h7-8,10-11,18-19,21,24H,4-6,9,12-16H2,1-3H3/t18-,19+,21+/m0/s1. The Kier molecular flexibility index (Phi) is 7.53. The minimum atomic E-state index is 0.192. The van der Waals surface area contributed by atoms with Gasteiger partial charge in [-0.15, -0.1) is 0 Å². The first-order chi connectivity index (χ1) is 14.0. The van der Waals surface area contributed by atoms with E-state index < -0.39 is 0 Å². The number of piperidine rings is 2. The highest BCUT2D eigenvalue weighted by atomic mass is 16.5. The lowest BCUT2D eigenvalue weighted by atomic mass is 9.79. The first kappa shape index (κ1) is 21.6. The monoisotopic (exact) mass is 401 g/mol. The third-order valence-electron chi connectivity index (χ3n) is 6.35. The van der Waals surface area contributed by atoms with E-state index in [9.17, 15) is 9.59 Å². The van der Waals surface area contributed by atoms with Crippen molar-refractivity contribution in [2.24, 2.45) is 11.8 Å². The SMILES string of the molecule is COc1ccc(CCC(=O)N2C[C@@H]3CN[C@H](CCCC(=O)N(C)C)[C@H](C3)C2)cc1. The molecule has 1 aromatic rings. The van der Waals surface area contributed by atoms with Crippen molar-refractivity contribution in [3.05, 3.63) is 29.8 Å². The molecule has 0 saturated carbocycles. The molecule has 3 atom stereocenters. The molecule has 2 heterocycles. The minimum absolute atomic E-state index is 0.192. The summed E-state index contributed by atoms with van der Waals surface area (Å²) in [5.74, 6) is 2.35. The summed E-state index contributed by atoms with van der Waals surface area (Å²) in [6, 6.07) is 8.38. The van der Waals surface area contributed by atoms with E-state index in [1.165, 1.54) is 12.0 Å². The van der Waals surface area contributed by atoms with E-state index >= 15 is 0 Å². The molecule has 1 N–H and O–H groups in total. The first-order valence-corrected chi connectivity index (χ1v) is 10.8. The normalized spacial score (nSPS) is 23.6. The summed E-state index contributed by atoms with van der Waals surface area (Å²) in [5, 5.41) is 3.68. The summed E-state index contributed by atoms with van der Waals surface area (Å²) in [6.45, 7) is 2.69. The highest BCUT2D eigenvalue weighted by Gasteiger charge is 2.37. The van der Waals surface area contributed by atoms with Crippen LogP contribution < -0.4 is 10.1 Å². The zero-order chi connectivity index (χ0) is 20.8. The Hall–Kier alpha value is -2.08. The molecule has 29 heavy (non-hydrogen) atoms. The van der Waals surface area contributed by atoms with Gasteiger partial charge in [-0.1, -0.05) is 12.1 Å². The van der Waals surface area contributed by atoms with Crippen molar-refractivity contribution in [3.8, 4) is 5.75 Å². The van der Waals surface area contributed by atoms with Crippen molar-refractivity contribution >= 4 is 11.8 Å². The van der Waals surface area contributed by atoms with Gasteiger partial charge in [-0.05, 0) is 61.8 Å². The van der Waals surface area contributed by atoms with Crippen LogP contribution in [0.3, 0.4) is 0 Å². The van der Waals surface area contributed by atoms with Crippen LogP contribution in [0, 0.1) is 11.8 Å². The summed E-state index contributed by atoms with van der Waals surface area (Å²) in [4.78, 5) is 28.4. The predicted octanol–water partition coefficient (Wildman–Crippen LogP) is 2.32. The van der Waals surface area contributed by atoms with Gasteiger partial charge >= 0.3 is 0 Å². The Bertz CT molecular complexity index is 689. The molecule has 0 unspecified atom stereocenters. The van der Waals surface area contributed by atoms with Gasteiger partial charge in [0.2, 0.25) is 11.8 Å². The Morgan fingerprint density at radius 3 is 2.62 bits per heavy atom. The third kappa shape index (κ3) is 5.95. The first-order valence-electron chi connectivity index (χ1n) is 10.8. The second-order valence-corrected chi connectivity index (χ2v) is 8.70. The number of nitrogens with one attached hydrogen (secondary N) is 1. The number of fused-ring (bicyclic) bond motifs is 2. The number of hydrogen-bond acceptors (Lipinski definition) is 4. The number of ether oxygens (including phenoxy) is 1. The van der Waals surface area contributed by atoms with Gasteiger partial charge in [-0.25, -0.2) is 0 Å². The Labute approximate surface area is 174 Å². The van der Waals surface area contributed by atoms with E-state index in [1.807, 2.05) is 38.4 Å². The molecule has 160 valence electrons. The van der Waals surface area contributed by atoms with Gasteiger partial charge in [-0.3, -0.25) is 9.59 Å². The number of amides is 2. The van der Waals surface area contributed by atoms with Crippen molar-refractivity contribution in [3.63, 3.8) is 0 Å². The zero-order valence-corrected chi connectivity index (χ0v) is 18.0. The number of methoxy groups -OCH3 is 1. The number of carbonyl (C=O) groups is 2. The molecule has 3 rings (SSSR count). The van der Waals surface area contributed by atoms with Crippen LogP contribution in [0.4, 0.5) is 0 Å². The number of nitrogens with zero attached hydrogens (tertiary/aromatic N) is 2. The highest BCUT2D eigenvalue weighted by molar-refractivity contribution is 5.76. The van der Waals surface area contributed by atoms with Gasteiger partial charge in [0.25, 0.3) is 0 Å². The summed E-state index contributed by atoms with van der Waals surface area (Å²) in [5.41, 5.74) is 1.17. The molecule has 0 aliphatic carbocycles. The molecule has 2 bridgehead atoms. The highest BCUT2D eigenvalue weighted by Crippen LogP contribution is 2.31.